The second-order valence-electron chi connectivity index (χ2n) is 18.1. The van der Waals surface area contributed by atoms with Crippen LogP contribution in [0, 0.1) is 34.5 Å². The lowest BCUT2D eigenvalue weighted by molar-refractivity contribution is -0.173. The maximum Gasteiger partial charge on any atom is 0.312 e. The van der Waals surface area contributed by atoms with Crippen LogP contribution in [0.25, 0.3) is 0 Å². The second-order valence-corrected chi connectivity index (χ2v) is 27.6. The number of carbonyl (C=O) groups excluding carboxylic acids is 1. The smallest absolute Gasteiger partial charge is 0.312 e. The Kier molecular flexibility index (Phi) is 7.41. The van der Waals surface area contributed by atoms with E-state index in [1.807, 2.05) is 6.92 Å². The van der Waals surface area contributed by atoms with Crippen LogP contribution in [0.5, 0.6) is 0 Å². The first-order chi connectivity index (χ1) is 18.5. The highest BCUT2D eigenvalue weighted by atomic mass is 28.4. The Morgan fingerprint density at radius 2 is 1.51 bits per heavy atom. The van der Waals surface area contributed by atoms with Crippen LogP contribution in [0.15, 0.2) is 11.6 Å². The predicted molar refractivity (Wildman–Crippen MR) is 171 cm³/mol. The number of aliphatic hydroxyl groups is 1. The third kappa shape index (κ3) is 4.47. The highest BCUT2D eigenvalue weighted by Crippen LogP contribution is 2.70. The summed E-state index contributed by atoms with van der Waals surface area (Å²) in [5.41, 5.74) is -0.352. The van der Waals surface area contributed by atoms with Gasteiger partial charge in [-0.15, -0.1) is 0 Å². The van der Waals surface area contributed by atoms with Crippen LogP contribution >= 0.6 is 0 Å². The topological polar surface area (TPSA) is 65.0 Å². The Morgan fingerprint density at radius 3 is 2.10 bits per heavy atom. The summed E-state index contributed by atoms with van der Waals surface area (Å²) >= 11 is 0. The molecule has 1 heterocycles. The van der Waals surface area contributed by atoms with E-state index in [2.05, 4.69) is 87.7 Å². The predicted octanol–water partition coefficient (Wildman–Crippen LogP) is 8.24. The Morgan fingerprint density at radius 1 is 0.927 bits per heavy atom. The van der Waals surface area contributed by atoms with E-state index in [0.29, 0.717) is 23.9 Å². The lowest BCUT2D eigenvalue weighted by Crippen LogP contribution is -2.65. The molecule has 7 heteroatoms. The highest BCUT2D eigenvalue weighted by molar-refractivity contribution is 6.74. The molecule has 0 spiro atoms. The van der Waals surface area contributed by atoms with Crippen LogP contribution in [0.4, 0.5) is 0 Å². The van der Waals surface area contributed by atoms with E-state index < -0.39 is 39.7 Å². The van der Waals surface area contributed by atoms with Crippen LogP contribution in [0.2, 0.25) is 36.3 Å². The van der Waals surface area contributed by atoms with Crippen LogP contribution in [0.3, 0.4) is 0 Å². The minimum atomic E-state index is -2.17. The standard InChI is InChI=1S/C34H60O5Si2/c1-21-29(35)37-28-20-26-24-15-14-22-18-23(38-40(10,11)30(2,3)4)16-17-32(22,8)25(24)19-27(33(26,9)34(21,28)36)39-41(12,13)31(5,6)7/h20-25,27-28,36H,14-19H2,1-13H3/t21-,22+,23+,24-,25+,27-,28+,32+,33-,34-/m1/s1. The molecule has 0 amide bonds. The number of hydrogen-bond donors (Lipinski definition) is 1. The molecular weight excluding hydrogens is 545 g/mol. The Labute approximate surface area is 252 Å². The normalized spacial score (nSPS) is 44.9. The van der Waals surface area contributed by atoms with E-state index in [4.69, 9.17) is 13.6 Å². The van der Waals surface area contributed by atoms with Gasteiger partial charge in [-0.1, -0.05) is 61.0 Å². The van der Waals surface area contributed by atoms with Crippen molar-refractivity contribution in [3.05, 3.63) is 11.6 Å². The number of fused-ring (bicyclic) bond motifs is 7. The average Bonchev–Trinajstić information content (AvgIpc) is 3.19. The maximum absolute atomic E-state index is 12.8. The second kappa shape index (κ2) is 9.51. The van der Waals surface area contributed by atoms with Crippen LogP contribution in [-0.4, -0.2) is 51.6 Å². The third-order valence-electron chi connectivity index (χ3n) is 14.1. The quantitative estimate of drug-likeness (QED) is 0.199. The first kappa shape index (κ1) is 31.9. The largest absolute Gasteiger partial charge is 0.455 e. The van der Waals surface area contributed by atoms with Gasteiger partial charge in [0.25, 0.3) is 0 Å². The van der Waals surface area contributed by atoms with Crippen molar-refractivity contribution in [2.75, 3.05) is 0 Å². The number of ether oxygens (including phenoxy) is 1. The van der Waals surface area contributed by atoms with Crippen LogP contribution in [0.1, 0.15) is 101 Å². The number of hydrogen-bond acceptors (Lipinski definition) is 5. The van der Waals surface area contributed by atoms with Crippen molar-refractivity contribution in [2.24, 2.45) is 34.5 Å². The number of esters is 1. The zero-order chi connectivity index (χ0) is 30.8. The van der Waals surface area contributed by atoms with Gasteiger partial charge in [0.05, 0.1) is 12.0 Å². The number of carbonyl (C=O) groups is 1. The van der Waals surface area contributed by atoms with Gasteiger partial charge >= 0.3 is 5.97 Å². The van der Waals surface area contributed by atoms with Gasteiger partial charge in [0.15, 0.2) is 22.7 Å². The van der Waals surface area contributed by atoms with Gasteiger partial charge in [-0.2, -0.15) is 0 Å². The van der Waals surface area contributed by atoms with Gasteiger partial charge in [0, 0.05) is 11.5 Å². The molecule has 41 heavy (non-hydrogen) atoms. The van der Waals surface area contributed by atoms with Gasteiger partial charge in [0.1, 0.15) is 5.60 Å². The minimum absolute atomic E-state index is 0.0521. The third-order valence-corrected chi connectivity index (χ3v) is 23.1. The van der Waals surface area contributed by atoms with Crippen LogP contribution in [-0.2, 0) is 18.4 Å². The molecule has 0 unspecified atom stereocenters. The van der Waals surface area contributed by atoms with Crippen LogP contribution < -0.4 is 0 Å². The Hall–Kier alpha value is -0.476. The maximum atomic E-state index is 12.8. The van der Waals surface area contributed by atoms with Crippen molar-refractivity contribution in [3.8, 4) is 0 Å². The molecule has 0 aromatic carbocycles. The molecule has 1 aliphatic heterocycles. The zero-order valence-electron chi connectivity index (χ0n) is 28.4. The summed E-state index contributed by atoms with van der Waals surface area (Å²) in [5, 5.41) is 12.8. The fourth-order valence-corrected chi connectivity index (χ4v) is 12.0. The van der Waals surface area contributed by atoms with Gasteiger partial charge in [-0.05, 0) is 111 Å². The number of rotatable bonds is 4. The summed E-state index contributed by atoms with van der Waals surface area (Å²) in [6, 6.07) is 0. The summed E-state index contributed by atoms with van der Waals surface area (Å²) in [7, 11) is -3.99. The lowest BCUT2D eigenvalue weighted by atomic mass is 9.44. The molecule has 0 bridgehead atoms. The van der Waals surface area contributed by atoms with Crippen molar-refractivity contribution in [1.29, 1.82) is 0 Å². The molecule has 4 aliphatic carbocycles. The molecular formula is C34H60O5Si2. The Bertz CT molecular complexity index is 1100. The SMILES string of the molecule is C[C@@H]1C(=O)O[C@H]2C=C3[C@@H]4CC[C@H]5C[C@@H](O[Si](C)(C)C(C)(C)C)CC[C@]5(C)[C@H]4C[C@@H](O[Si](C)(C)C(C)(C)C)[C@]3(C)[C@]21O. The summed E-state index contributed by atoms with van der Waals surface area (Å²) < 4.78 is 20.2. The van der Waals surface area contributed by atoms with Gasteiger partial charge < -0.3 is 18.7 Å². The average molecular weight is 605 g/mol. The monoisotopic (exact) mass is 604 g/mol. The van der Waals surface area contributed by atoms with E-state index in [0.717, 1.165) is 25.7 Å². The van der Waals surface area contributed by atoms with E-state index in [1.165, 1.54) is 18.4 Å². The molecule has 5 aliphatic rings. The summed E-state index contributed by atoms with van der Waals surface area (Å²) in [5.74, 6) is 0.698. The molecule has 4 fully saturated rings. The lowest BCUT2D eigenvalue weighted by Gasteiger charge is -2.63. The molecule has 0 aromatic heterocycles. The molecule has 1 N–H and O–H groups in total. The first-order valence-electron chi connectivity index (χ1n) is 16.5. The van der Waals surface area contributed by atoms with E-state index >= 15 is 0 Å². The molecule has 5 rings (SSSR count). The summed E-state index contributed by atoms with van der Waals surface area (Å²) in [4.78, 5) is 12.8. The van der Waals surface area contributed by atoms with Crippen molar-refractivity contribution < 1.29 is 23.5 Å². The van der Waals surface area contributed by atoms with Gasteiger partial charge in [-0.25, -0.2) is 0 Å². The van der Waals surface area contributed by atoms with E-state index in [1.54, 1.807) is 0 Å². The van der Waals surface area contributed by atoms with Crippen molar-refractivity contribution in [3.63, 3.8) is 0 Å². The van der Waals surface area contributed by atoms with Crippen molar-refractivity contribution in [2.45, 2.75) is 161 Å². The van der Waals surface area contributed by atoms with E-state index in [9.17, 15) is 9.90 Å². The zero-order valence-corrected chi connectivity index (χ0v) is 30.4. The molecule has 0 radical (unpaired) electrons. The fraction of sp³-hybridized carbons (Fsp3) is 0.912. The molecule has 5 nitrogen and oxygen atoms in total. The van der Waals surface area contributed by atoms with Gasteiger partial charge in [0.2, 0.25) is 0 Å². The summed E-state index contributed by atoms with van der Waals surface area (Å²) in [6.45, 7) is 30.0. The molecule has 10 atom stereocenters. The van der Waals surface area contributed by atoms with E-state index in [-0.39, 0.29) is 27.6 Å². The molecule has 3 saturated carbocycles. The minimum Gasteiger partial charge on any atom is -0.455 e. The van der Waals surface area contributed by atoms with Gasteiger partial charge in [-0.3, -0.25) is 4.79 Å². The van der Waals surface area contributed by atoms with Crippen molar-refractivity contribution in [1.82, 2.24) is 0 Å². The highest BCUT2D eigenvalue weighted by Gasteiger charge is 2.74. The summed E-state index contributed by atoms with van der Waals surface area (Å²) in [6.07, 6.45) is 8.60. The first-order valence-corrected chi connectivity index (χ1v) is 22.3. The molecule has 0 aromatic rings. The fourth-order valence-electron chi connectivity index (χ4n) is 9.20. The molecule has 234 valence electrons. The van der Waals surface area contributed by atoms with Crippen molar-refractivity contribution >= 4 is 22.6 Å². The molecule has 1 saturated heterocycles. The Balaban J connectivity index is 1.50.